The second kappa shape index (κ2) is 8.20. The lowest BCUT2D eigenvalue weighted by molar-refractivity contribution is 0.286. The first-order valence-electron chi connectivity index (χ1n) is 7.67. The third-order valence-corrected chi connectivity index (χ3v) is 4.34. The van der Waals surface area contributed by atoms with Gasteiger partial charge in [-0.15, -0.1) is 11.3 Å². The third-order valence-electron chi connectivity index (χ3n) is 3.46. The Bertz CT molecular complexity index is 550. The molecule has 1 unspecified atom stereocenters. The molecule has 2 nitrogen and oxygen atoms in total. The van der Waals surface area contributed by atoms with E-state index in [0.717, 1.165) is 31.7 Å². The number of thiophene rings is 1. The van der Waals surface area contributed by atoms with Gasteiger partial charge in [0.1, 0.15) is 5.75 Å². The normalized spacial score (nSPS) is 12.3. The van der Waals surface area contributed by atoms with Crippen molar-refractivity contribution in [2.75, 3.05) is 13.2 Å². The van der Waals surface area contributed by atoms with Crippen molar-refractivity contribution < 1.29 is 4.74 Å². The topological polar surface area (TPSA) is 21.3 Å². The molecule has 0 fully saturated rings. The maximum Gasteiger partial charge on any atom is 0.119 e. The van der Waals surface area contributed by atoms with Crippen molar-refractivity contribution in [2.24, 2.45) is 0 Å². The summed E-state index contributed by atoms with van der Waals surface area (Å²) in [6.07, 6.45) is 2.14. The molecule has 2 aromatic rings. The van der Waals surface area contributed by atoms with Crippen LogP contribution >= 0.6 is 11.3 Å². The highest BCUT2D eigenvalue weighted by Gasteiger charge is 2.12. The van der Waals surface area contributed by atoms with E-state index in [1.807, 2.05) is 23.5 Å². The molecule has 0 aliphatic carbocycles. The summed E-state index contributed by atoms with van der Waals surface area (Å²) in [5.74, 6) is 0.964. The molecule has 3 heteroatoms. The molecule has 114 valence electrons. The van der Waals surface area contributed by atoms with E-state index in [9.17, 15) is 0 Å². The summed E-state index contributed by atoms with van der Waals surface area (Å²) in [5, 5.41) is 5.88. The number of hydrogen-bond donors (Lipinski definition) is 1. The standard InChI is InChI=1S/C18H25NOS/c1-4-9-19-18(16-12-15(3)21-13-16)8-10-20-17-7-5-6-14(2)11-17/h5-7,11-13,18-19H,4,8-10H2,1-3H3. The van der Waals surface area contributed by atoms with Gasteiger partial charge < -0.3 is 10.1 Å². The predicted octanol–water partition coefficient (Wildman–Crippen LogP) is 4.87. The lowest BCUT2D eigenvalue weighted by Gasteiger charge is -2.18. The molecule has 0 spiro atoms. The molecular weight excluding hydrogens is 278 g/mol. The zero-order valence-electron chi connectivity index (χ0n) is 13.2. The molecule has 2 rings (SSSR count). The fraction of sp³-hybridized carbons (Fsp3) is 0.444. The molecule has 0 saturated carbocycles. The molecular formula is C18H25NOS. The number of aryl methyl sites for hydroxylation is 2. The van der Waals surface area contributed by atoms with Crippen molar-refractivity contribution >= 4 is 11.3 Å². The molecule has 0 amide bonds. The van der Waals surface area contributed by atoms with Gasteiger partial charge in [0.2, 0.25) is 0 Å². The molecule has 0 aliphatic rings. The van der Waals surface area contributed by atoms with Crippen LogP contribution in [-0.4, -0.2) is 13.2 Å². The Kier molecular flexibility index (Phi) is 6.27. The van der Waals surface area contributed by atoms with E-state index >= 15 is 0 Å². The van der Waals surface area contributed by atoms with Gasteiger partial charge in [0.15, 0.2) is 0 Å². The minimum Gasteiger partial charge on any atom is -0.494 e. The van der Waals surface area contributed by atoms with E-state index in [0.29, 0.717) is 6.04 Å². The Balaban J connectivity index is 1.89. The van der Waals surface area contributed by atoms with E-state index in [4.69, 9.17) is 4.74 Å². The van der Waals surface area contributed by atoms with Gasteiger partial charge in [-0.1, -0.05) is 19.1 Å². The van der Waals surface area contributed by atoms with Crippen LogP contribution in [0.4, 0.5) is 0 Å². The number of benzene rings is 1. The summed E-state index contributed by atoms with van der Waals surface area (Å²) in [5.41, 5.74) is 2.63. The Morgan fingerprint density at radius 1 is 1.24 bits per heavy atom. The van der Waals surface area contributed by atoms with Gasteiger partial charge in [-0.25, -0.2) is 0 Å². The van der Waals surface area contributed by atoms with Crippen LogP contribution in [0.3, 0.4) is 0 Å². The first kappa shape index (κ1) is 16.1. The van der Waals surface area contributed by atoms with Crippen LogP contribution in [0.15, 0.2) is 35.7 Å². The smallest absolute Gasteiger partial charge is 0.119 e. The van der Waals surface area contributed by atoms with E-state index in [2.05, 4.69) is 49.7 Å². The minimum atomic E-state index is 0.389. The Hall–Kier alpha value is -1.32. The van der Waals surface area contributed by atoms with Crippen molar-refractivity contribution in [3.63, 3.8) is 0 Å². The van der Waals surface area contributed by atoms with Gasteiger partial charge in [-0.3, -0.25) is 0 Å². The summed E-state index contributed by atoms with van der Waals surface area (Å²) in [6.45, 7) is 8.23. The van der Waals surface area contributed by atoms with Crippen molar-refractivity contribution in [3.05, 3.63) is 51.7 Å². The van der Waals surface area contributed by atoms with Crippen LogP contribution in [0.5, 0.6) is 5.75 Å². The van der Waals surface area contributed by atoms with Crippen LogP contribution in [-0.2, 0) is 0 Å². The number of nitrogens with one attached hydrogen (secondary N) is 1. The van der Waals surface area contributed by atoms with E-state index in [1.54, 1.807) is 0 Å². The van der Waals surface area contributed by atoms with Gasteiger partial charge >= 0.3 is 0 Å². The zero-order chi connectivity index (χ0) is 15.1. The number of hydrogen-bond acceptors (Lipinski definition) is 3. The summed E-state index contributed by atoms with van der Waals surface area (Å²) >= 11 is 1.82. The SMILES string of the molecule is CCCNC(CCOc1cccc(C)c1)c1csc(C)c1. The molecule has 1 atom stereocenters. The second-order valence-electron chi connectivity index (χ2n) is 5.45. The zero-order valence-corrected chi connectivity index (χ0v) is 14.0. The number of rotatable bonds is 8. The Morgan fingerprint density at radius 3 is 2.76 bits per heavy atom. The summed E-state index contributed by atoms with van der Waals surface area (Å²) < 4.78 is 5.89. The van der Waals surface area contributed by atoms with Crippen LogP contribution in [0, 0.1) is 13.8 Å². The third kappa shape index (κ3) is 5.18. The second-order valence-corrected chi connectivity index (χ2v) is 6.57. The average molecular weight is 303 g/mol. The number of ether oxygens (including phenoxy) is 1. The van der Waals surface area contributed by atoms with Crippen molar-refractivity contribution in [3.8, 4) is 5.75 Å². The van der Waals surface area contributed by atoms with Gasteiger partial charge in [-0.05, 0) is 61.5 Å². The molecule has 21 heavy (non-hydrogen) atoms. The Morgan fingerprint density at radius 2 is 2.10 bits per heavy atom. The predicted molar refractivity (Wildman–Crippen MR) is 91.4 cm³/mol. The molecule has 0 saturated heterocycles. The maximum absolute atomic E-state index is 5.89. The molecule has 0 aliphatic heterocycles. The average Bonchev–Trinajstić information content (AvgIpc) is 2.89. The molecule has 1 aromatic heterocycles. The van der Waals surface area contributed by atoms with Gasteiger partial charge in [0, 0.05) is 17.3 Å². The monoisotopic (exact) mass is 303 g/mol. The van der Waals surface area contributed by atoms with Crippen molar-refractivity contribution in [2.45, 2.75) is 39.7 Å². The first-order valence-corrected chi connectivity index (χ1v) is 8.55. The lowest BCUT2D eigenvalue weighted by atomic mass is 10.1. The molecule has 1 heterocycles. The van der Waals surface area contributed by atoms with Crippen LogP contribution in [0.2, 0.25) is 0 Å². The van der Waals surface area contributed by atoms with Crippen molar-refractivity contribution in [1.29, 1.82) is 0 Å². The lowest BCUT2D eigenvalue weighted by Crippen LogP contribution is -2.23. The first-order chi connectivity index (χ1) is 10.2. The highest BCUT2D eigenvalue weighted by Crippen LogP contribution is 2.23. The molecule has 0 bridgehead atoms. The highest BCUT2D eigenvalue weighted by atomic mass is 32.1. The van der Waals surface area contributed by atoms with Gasteiger partial charge in [0.05, 0.1) is 6.61 Å². The van der Waals surface area contributed by atoms with E-state index in [1.165, 1.54) is 16.0 Å². The summed E-state index contributed by atoms with van der Waals surface area (Å²) in [6, 6.07) is 10.9. The van der Waals surface area contributed by atoms with E-state index in [-0.39, 0.29) is 0 Å². The van der Waals surface area contributed by atoms with Gasteiger partial charge in [0.25, 0.3) is 0 Å². The Labute approximate surface area is 132 Å². The van der Waals surface area contributed by atoms with Gasteiger partial charge in [-0.2, -0.15) is 0 Å². The van der Waals surface area contributed by atoms with Crippen LogP contribution < -0.4 is 10.1 Å². The minimum absolute atomic E-state index is 0.389. The van der Waals surface area contributed by atoms with Crippen molar-refractivity contribution in [1.82, 2.24) is 5.32 Å². The largest absolute Gasteiger partial charge is 0.494 e. The highest BCUT2D eigenvalue weighted by molar-refractivity contribution is 7.10. The summed E-state index contributed by atoms with van der Waals surface area (Å²) in [7, 11) is 0. The van der Waals surface area contributed by atoms with Crippen LogP contribution in [0.1, 0.15) is 41.8 Å². The molecule has 1 N–H and O–H groups in total. The fourth-order valence-corrected chi connectivity index (χ4v) is 3.11. The molecule has 1 aromatic carbocycles. The maximum atomic E-state index is 5.89. The van der Waals surface area contributed by atoms with Crippen LogP contribution in [0.25, 0.3) is 0 Å². The fourth-order valence-electron chi connectivity index (χ4n) is 2.35. The molecule has 0 radical (unpaired) electrons. The van der Waals surface area contributed by atoms with E-state index < -0.39 is 0 Å². The summed E-state index contributed by atoms with van der Waals surface area (Å²) in [4.78, 5) is 1.37. The quantitative estimate of drug-likeness (QED) is 0.751.